The van der Waals surface area contributed by atoms with Gasteiger partial charge in [0.25, 0.3) is 0 Å². The van der Waals surface area contributed by atoms with E-state index in [1.807, 2.05) is 26.8 Å². The number of hydrogen-bond donors (Lipinski definition) is 1. The van der Waals surface area contributed by atoms with Gasteiger partial charge in [0.15, 0.2) is 0 Å². The van der Waals surface area contributed by atoms with Gasteiger partial charge in [0, 0.05) is 31.8 Å². The molecule has 3 amide bonds. The number of carbonyl (C=O) groups is 2. The van der Waals surface area contributed by atoms with Gasteiger partial charge in [0.1, 0.15) is 23.3 Å². The van der Waals surface area contributed by atoms with E-state index in [4.69, 9.17) is 15.2 Å². The maximum Gasteiger partial charge on any atom is 0.410 e. The van der Waals surface area contributed by atoms with Crippen molar-refractivity contribution in [3.63, 3.8) is 0 Å². The Kier molecular flexibility index (Phi) is 6.87. The fraction of sp³-hybridized carbons (Fsp3) is 0.346. The molecule has 1 aliphatic rings. The second-order valence-electron chi connectivity index (χ2n) is 9.63. The minimum absolute atomic E-state index is 0.236. The Morgan fingerprint density at radius 3 is 2.42 bits per heavy atom. The predicted octanol–water partition coefficient (Wildman–Crippen LogP) is 4.83. The van der Waals surface area contributed by atoms with Crippen molar-refractivity contribution in [1.82, 2.24) is 14.7 Å². The number of rotatable bonds is 5. The number of benzene rings is 2. The van der Waals surface area contributed by atoms with Crippen molar-refractivity contribution in [1.29, 1.82) is 0 Å². The van der Waals surface area contributed by atoms with E-state index in [0.29, 0.717) is 42.2 Å². The second kappa shape index (κ2) is 9.88. The van der Waals surface area contributed by atoms with E-state index in [9.17, 15) is 14.0 Å². The summed E-state index contributed by atoms with van der Waals surface area (Å²) in [7, 11) is 1.80. The van der Waals surface area contributed by atoms with Crippen LogP contribution in [0, 0.1) is 5.82 Å². The van der Waals surface area contributed by atoms with Crippen LogP contribution in [0.15, 0.2) is 54.7 Å². The summed E-state index contributed by atoms with van der Waals surface area (Å²) in [5, 5.41) is 4.26. The first kappa shape index (κ1) is 25.0. The molecule has 1 atom stereocenters. The number of halogens is 1. The fourth-order valence-corrected chi connectivity index (χ4v) is 4.09. The van der Waals surface area contributed by atoms with Crippen molar-refractivity contribution in [2.45, 2.75) is 38.9 Å². The van der Waals surface area contributed by atoms with E-state index in [-0.39, 0.29) is 12.2 Å². The average molecular weight is 496 g/mol. The number of nitrogens with two attached hydrogens (primary N) is 1. The molecular weight excluding hydrogens is 465 g/mol. The molecule has 9 nitrogen and oxygen atoms in total. The summed E-state index contributed by atoms with van der Waals surface area (Å²) in [5.74, 6) is 0.154. The molecule has 0 spiro atoms. The molecule has 190 valence electrons. The number of amides is 3. The van der Waals surface area contributed by atoms with E-state index >= 15 is 0 Å². The molecule has 0 aliphatic carbocycles. The van der Waals surface area contributed by atoms with Crippen molar-refractivity contribution in [3.05, 3.63) is 60.5 Å². The van der Waals surface area contributed by atoms with Crippen LogP contribution in [-0.2, 0) is 11.8 Å². The molecule has 1 saturated heterocycles. The van der Waals surface area contributed by atoms with Crippen LogP contribution < -0.4 is 15.4 Å². The average Bonchev–Trinajstić information content (AvgIpc) is 3.44. The Morgan fingerprint density at radius 1 is 1.11 bits per heavy atom. The van der Waals surface area contributed by atoms with E-state index in [0.717, 1.165) is 5.69 Å². The molecule has 2 heterocycles. The molecule has 36 heavy (non-hydrogen) atoms. The van der Waals surface area contributed by atoms with E-state index < -0.39 is 17.4 Å². The number of carbonyl (C=O) groups excluding carboxylic acids is 2. The molecule has 0 bridgehead atoms. The van der Waals surface area contributed by atoms with Crippen molar-refractivity contribution < 1.29 is 23.5 Å². The summed E-state index contributed by atoms with van der Waals surface area (Å²) in [4.78, 5) is 27.8. The highest BCUT2D eigenvalue weighted by Gasteiger charge is 2.31. The summed E-state index contributed by atoms with van der Waals surface area (Å²) in [6, 6.07) is 11.9. The van der Waals surface area contributed by atoms with Gasteiger partial charge < -0.3 is 20.1 Å². The molecule has 0 unspecified atom stereocenters. The lowest BCUT2D eigenvalue weighted by atomic mass is 10.1. The lowest BCUT2D eigenvalue weighted by molar-refractivity contribution is 0.0276. The third-order valence-corrected chi connectivity index (χ3v) is 5.71. The van der Waals surface area contributed by atoms with Crippen LogP contribution in [0.1, 0.15) is 27.2 Å². The van der Waals surface area contributed by atoms with Crippen molar-refractivity contribution in [2.75, 3.05) is 18.0 Å². The number of aryl methyl sites for hydroxylation is 1. The van der Waals surface area contributed by atoms with Crippen LogP contribution in [0.25, 0.3) is 11.3 Å². The SMILES string of the molecule is Cn1nccc1-c1cc(N(C(N)=O)c2ccc(F)cc2)ccc1O[C@@H]1CCN(C(=O)OC(C)(C)C)C1. The van der Waals surface area contributed by atoms with Gasteiger partial charge in [-0.05, 0) is 69.3 Å². The monoisotopic (exact) mass is 495 g/mol. The molecule has 4 rings (SSSR count). The molecule has 2 aromatic carbocycles. The maximum atomic E-state index is 13.5. The van der Waals surface area contributed by atoms with Gasteiger partial charge in [-0.1, -0.05) is 0 Å². The van der Waals surface area contributed by atoms with Gasteiger partial charge in [0.2, 0.25) is 0 Å². The molecule has 3 aromatic rings. The van der Waals surface area contributed by atoms with Crippen LogP contribution in [0.5, 0.6) is 5.75 Å². The summed E-state index contributed by atoms with van der Waals surface area (Å²) in [6.45, 7) is 6.41. The zero-order valence-corrected chi connectivity index (χ0v) is 20.8. The Hall–Kier alpha value is -4.08. The molecule has 0 saturated carbocycles. The van der Waals surface area contributed by atoms with Gasteiger partial charge in [-0.3, -0.25) is 9.58 Å². The number of urea groups is 1. The first-order valence-electron chi connectivity index (χ1n) is 11.6. The van der Waals surface area contributed by atoms with Crippen LogP contribution in [0.2, 0.25) is 0 Å². The number of nitrogens with zero attached hydrogens (tertiary/aromatic N) is 4. The number of likely N-dealkylation sites (tertiary alicyclic amines) is 1. The summed E-state index contributed by atoms with van der Waals surface area (Å²) in [6.07, 6.45) is 1.71. The van der Waals surface area contributed by atoms with Crippen molar-refractivity contribution in [3.8, 4) is 17.0 Å². The number of primary amides is 1. The van der Waals surface area contributed by atoms with Gasteiger partial charge in [-0.15, -0.1) is 0 Å². The van der Waals surface area contributed by atoms with Gasteiger partial charge in [-0.2, -0.15) is 5.10 Å². The highest BCUT2D eigenvalue weighted by atomic mass is 19.1. The predicted molar refractivity (Wildman–Crippen MR) is 134 cm³/mol. The van der Waals surface area contributed by atoms with Crippen LogP contribution in [0.3, 0.4) is 0 Å². The largest absolute Gasteiger partial charge is 0.488 e. The summed E-state index contributed by atoms with van der Waals surface area (Å²) in [5.41, 5.74) is 7.48. The molecule has 1 aromatic heterocycles. The number of anilines is 2. The van der Waals surface area contributed by atoms with Gasteiger partial charge >= 0.3 is 12.1 Å². The zero-order chi connectivity index (χ0) is 26.0. The first-order chi connectivity index (χ1) is 17.0. The molecule has 1 fully saturated rings. The van der Waals surface area contributed by atoms with E-state index in [1.165, 1.54) is 29.2 Å². The molecule has 10 heteroatoms. The topological polar surface area (TPSA) is 103 Å². The van der Waals surface area contributed by atoms with Crippen molar-refractivity contribution >= 4 is 23.5 Å². The van der Waals surface area contributed by atoms with Crippen LogP contribution in [-0.4, -0.2) is 51.6 Å². The second-order valence-corrected chi connectivity index (χ2v) is 9.63. The Bertz CT molecular complexity index is 1250. The Balaban J connectivity index is 1.63. The fourth-order valence-electron chi connectivity index (χ4n) is 4.09. The molecule has 1 aliphatic heterocycles. The van der Waals surface area contributed by atoms with Crippen LogP contribution >= 0.6 is 0 Å². The van der Waals surface area contributed by atoms with Gasteiger partial charge in [0.05, 0.1) is 23.6 Å². The maximum absolute atomic E-state index is 13.5. The highest BCUT2D eigenvalue weighted by Crippen LogP contribution is 2.37. The number of ether oxygens (including phenoxy) is 2. The normalized spacial score (nSPS) is 15.6. The van der Waals surface area contributed by atoms with Gasteiger partial charge in [-0.25, -0.2) is 14.0 Å². The van der Waals surface area contributed by atoms with E-state index in [1.54, 1.807) is 41.0 Å². The molecular formula is C26H30FN5O4. The lowest BCUT2D eigenvalue weighted by Gasteiger charge is -2.25. The zero-order valence-electron chi connectivity index (χ0n) is 20.8. The quantitative estimate of drug-likeness (QED) is 0.546. The number of hydrogen-bond acceptors (Lipinski definition) is 5. The smallest absolute Gasteiger partial charge is 0.410 e. The Labute approximate surface area is 209 Å². The number of aromatic nitrogens is 2. The van der Waals surface area contributed by atoms with Crippen LogP contribution in [0.4, 0.5) is 25.4 Å². The highest BCUT2D eigenvalue weighted by molar-refractivity contribution is 5.99. The van der Waals surface area contributed by atoms with Crippen molar-refractivity contribution in [2.24, 2.45) is 12.8 Å². The third-order valence-electron chi connectivity index (χ3n) is 5.71. The van der Waals surface area contributed by atoms with E-state index in [2.05, 4.69) is 5.10 Å². The third kappa shape index (κ3) is 5.59. The summed E-state index contributed by atoms with van der Waals surface area (Å²) < 4.78 is 27.0. The summed E-state index contributed by atoms with van der Waals surface area (Å²) >= 11 is 0. The minimum atomic E-state index is -0.713. The lowest BCUT2D eigenvalue weighted by Crippen LogP contribution is -2.36. The minimum Gasteiger partial charge on any atom is -0.488 e. The first-order valence-corrected chi connectivity index (χ1v) is 11.6. The molecule has 0 radical (unpaired) electrons. The molecule has 2 N–H and O–H groups in total. The Morgan fingerprint density at radius 2 is 1.81 bits per heavy atom. The standard InChI is InChI=1S/C26H30FN5O4/c1-26(2,3)36-25(34)31-14-12-20(16-31)35-23-10-9-19(15-21(23)22-11-13-29-30(22)4)32(24(28)33)18-7-5-17(27)6-8-18/h5-11,13,15,20H,12,14,16H2,1-4H3,(H2,28,33)/t20-/m1/s1.